The molecule has 0 aliphatic carbocycles. The normalized spacial score (nSPS) is 22.7. The first kappa shape index (κ1) is 111. The Labute approximate surface area is 762 Å². The first-order valence-corrected chi connectivity index (χ1v) is 45.1. The Balaban J connectivity index is 0.0000176. The molecule has 5 rings (SSSR count). The van der Waals surface area contributed by atoms with Crippen molar-refractivity contribution < 1.29 is 91.7 Å². The number of primary amides is 2. The maximum absolute atomic E-state index is 15.4. The highest BCUT2D eigenvalue weighted by Gasteiger charge is 2.45. The second-order valence-corrected chi connectivity index (χ2v) is 35.5. The van der Waals surface area contributed by atoms with Crippen LogP contribution in [-0.2, 0) is 101 Å². The van der Waals surface area contributed by atoms with Crippen LogP contribution in [0.25, 0.3) is 10.9 Å². The second kappa shape index (κ2) is 54.1. The van der Waals surface area contributed by atoms with Gasteiger partial charge >= 0.3 is 0 Å². The number of nitrogens with one attached hydrogen (secondary N) is 14. The SMILES string of the molecule is CCCC[C@H](CNC(C)C(=O)C(=O)C(C)NC(=O)[C@]1(C)CCC/C=C/CCCCCC[C@@](C)(NC(=O)[C@H](Cc2ccccc2)NC(=O)[C@@H](NC(=O)[C@H](CC(C)C)NC(C)=O)[C@@H](C)O)C(=O)NC(C)C(=O)N[C@@H](Cc2ccc(O)cc2)C(=O)N[C@@](C)(Cc2c[nH]c3ccccc23)C(=O)NC(C)C(=O)C(=O)[C@H](CCC(N)=O)NC[C@@H](CC(C)C)C(=O)N1)C(=O)NC(C)C(N)=O.CN. The number of H-pyrrole nitrogens is 1. The number of phenolic OH excluding ortho intramolecular Hbond substituents is 1. The number of aliphatic hydroxyl groups is 1. The van der Waals surface area contributed by atoms with Crippen molar-refractivity contribution in [2.45, 2.75) is 309 Å². The van der Waals surface area contributed by atoms with Crippen LogP contribution in [0.5, 0.6) is 5.75 Å². The zero-order valence-electron chi connectivity index (χ0n) is 78.3. The number of amides is 13. The van der Waals surface area contributed by atoms with Crippen LogP contribution in [0.15, 0.2) is 97.2 Å². The molecule has 3 aromatic carbocycles. The molecule has 0 fully saturated rings. The Morgan fingerprint density at radius 2 is 1.22 bits per heavy atom. The number of aromatic amines is 1. The van der Waals surface area contributed by atoms with Crippen molar-refractivity contribution in [3.8, 4) is 5.75 Å². The van der Waals surface area contributed by atoms with E-state index in [1.165, 1.54) is 101 Å². The van der Waals surface area contributed by atoms with E-state index in [0.29, 0.717) is 72.5 Å². The molecular weight excluding hydrogens is 1670 g/mol. The summed E-state index contributed by atoms with van der Waals surface area (Å²) in [7, 11) is 1.50. The Kier molecular flexibility index (Phi) is 46.1. The van der Waals surface area contributed by atoms with Crippen LogP contribution < -0.4 is 86.3 Å². The molecule has 16 atom stereocenters. The average Bonchev–Trinajstić information content (AvgIpc) is 1.45. The summed E-state index contributed by atoms with van der Waals surface area (Å²) in [5.41, 5.74) is 11.8. The number of aromatic nitrogens is 1. The van der Waals surface area contributed by atoms with E-state index >= 15 is 24.0 Å². The summed E-state index contributed by atoms with van der Waals surface area (Å²) in [5, 5.41) is 57.8. The van der Waals surface area contributed by atoms with Gasteiger partial charge in [0.15, 0.2) is 0 Å². The monoisotopic (exact) mass is 1810 g/mol. The molecule has 36 heteroatoms. The van der Waals surface area contributed by atoms with Crippen LogP contribution in [-0.4, -0.2) is 218 Å². The molecule has 2 heterocycles. The van der Waals surface area contributed by atoms with Crippen LogP contribution >= 0.6 is 0 Å². The molecule has 0 bridgehead atoms. The maximum Gasteiger partial charge on any atom is 0.246 e. The first-order valence-electron chi connectivity index (χ1n) is 45.1. The fourth-order valence-corrected chi connectivity index (χ4v) is 15.0. The highest BCUT2D eigenvalue weighted by atomic mass is 16.3. The van der Waals surface area contributed by atoms with Crippen LogP contribution in [0.1, 0.15) is 223 Å². The predicted octanol–water partition coefficient (Wildman–Crippen LogP) is 3.02. The topological polar surface area (TPSA) is 581 Å². The Morgan fingerprint density at radius 1 is 0.592 bits per heavy atom. The van der Waals surface area contributed by atoms with Crippen molar-refractivity contribution in [1.82, 2.24) is 74.1 Å². The number of ketones is 4. The third kappa shape index (κ3) is 36.0. The van der Waals surface area contributed by atoms with Crippen LogP contribution in [0.2, 0.25) is 0 Å². The molecule has 0 saturated carbocycles. The van der Waals surface area contributed by atoms with Gasteiger partial charge in [0.2, 0.25) is 99.9 Å². The molecule has 0 saturated heterocycles. The number of allylic oxidation sites excluding steroid dienone is 2. The molecule has 1 aliphatic heterocycles. The molecule has 4 aromatic rings. The molecule has 0 radical (unpaired) electrons. The zero-order chi connectivity index (χ0) is 97.5. The van der Waals surface area contributed by atoms with Crippen LogP contribution in [0.3, 0.4) is 0 Å². The minimum absolute atomic E-state index is 0.0474. The lowest BCUT2D eigenvalue weighted by atomic mass is 9.89. The van der Waals surface area contributed by atoms with E-state index in [4.69, 9.17) is 11.5 Å². The molecule has 36 nitrogen and oxygen atoms in total. The van der Waals surface area contributed by atoms with Gasteiger partial charge in [0.1, 0.15) is 58.6 Å². The molecule has 718 valence electrons. The molecule has 130 heavy (non-hydrogen) atoms. The fourth-order valence-electron chi connectivity index (χ4n) is 15.0. The number of fused-ring (bicyclic) bond motifs is 1. The largest absolute Gasteiger partial charge is 0.508 e. The summed E-state index contributed by atoms with van der Waals surface area (Å²) >= 11 is 0. The van der Waals surface area contributed by atoms with Gasteiger partial charge in [-0.25, -0.2) is 0 Å². The molecule has 13 amide bonds. The molecule has 0 spiro atoms. The highest BCUT2D eigenvalue weighted by Crippen LogP contribution is 2.27. The number of benzene rings is 3. The maximum atomic E-state index is 15.4. The quantitative estimate of drug-likeness (QED) is 0.0232. The van der Waals surface area contributed by atoms with Gasteiger partial charge in [-0.05, 0) is 180 Å². The van der Waals surface area contributed by atoms with E-state index in [2.05, 4.69) is 79.8 Å². The number of carbonyl (C=O) groups excluding carboxylic acids is 17. The van der Waals surface area contributed by atoms with Crippen LogP contribution in [0, 0.1) is 23.7 Å². The van der Waals surface area contributed by atoms with Crippen molar-refractivity contribution in [2.75, 3.05) is 20.1 Å². The van der Waals surface area contributed by atoms with Gasteiger partial charge in [-0.3, -0.25) is 81.5 Å². The van der Waals surface area contributed by atoms with Gasteiger partial charge in [-0.1, -0.05) is 140 Å². The Bertz CT molecular complexity index is 4540. The summed E-state index contributed by atoms with van der Waals surface area (Å²) in [4.78, 5) is 245. The van der Waals surface area contributed by atoms with Gasteiger partial charge in [0.25, 0.3) is 0 Å². The number of aromatic hydroxyl groups is 1. The molecule has 1 aromatic heterocycles. The van der Waals surface area contributed by atoms with Gasteiger partial charge in [-0.2, -0.15) is 0 Å². The number of aliphatic hydroxyl groups excluding tert-OH is 1. The lowest BCUT2D eigenvalue weighted by Gasteiger charge is -2.34. The number of nitrogens with two attached hydrogens (primary N) is 3. The Morgan fingerprint density at radius 3 is 1.83 bits per heavy atom. The lowest BCUT2D eigenvalue weighted by molar-refractivity contribution is -0.141. The number of rotatable bonds is 35. The van der Waals surface area contributed by atoms with Crippen molar-refractivity contribution in [2.24, 2.45) is 40.9 Å². The van der Waals surface area contributed by atoms with E-state index in [1.54, 1.807) is 60.8 Å². The van der Waals surface area contributed by atoms with Crippen molar-refractivity contribution in [1.29, 1.82) is 0 Å². The number of Topliss-reactive ketones (excluding diaryl/α,β-unsaturated/α-hetero) is 4. The van der Waals surface area contributed by atoms with E-state index < -0.39 is 201 Å². The minimum atomic E-state index is -2.08. The molecular formula is C94H143N17O19. The number of phenols is 1. The lowest BCUT2D eigenvalue weighted by Crippen LogP contribution is -2.65. The van der Waals surface area contributed by atoms with Gasteiger partial charge in [0.05, 0.1) is 42.1 Å². The first-order chi connectivity index (χ1) is 61.2. The highest BCUT2D eigenvalue weighted by molar-refractivity contribution is 6.41. The third-order valence-electron chi connectivity index (χ3n) is 22.9. The van der Waals surface area contributed by atoms with Gasteiger partial charge in [-0.15, -0.1) is 0 Å². The van der Waals surface area contributed by atoms with E-state index in [0.717, 1.165) is 6.42 Å². The minimum Gasteiger partial charge on any atom is -0.508 e. The fraction of sp³-hybridized carbons (Fsp3) is 0.585. The van der Waals surface area contributed by atoms with Gasteiger partial charge < -0.3 is 102 Å². The predicted molar refractivity (Wildman–Crippen MR) is 492 cm³/mol. The zero-order valence-corrected chi connectivity index (χ0v) is 78.3. The van der Waals surface area contributed by atoms with E-state index in [9.17, 15) is 67.7 Å². The molecule has 1 aliphatic rings. The average molecular weight is 1820 g/mol. The second-order valence-electron chi connectivity index (χ2n) is 35.5. The number of unbranched alkanes of at least 4 members (excludes halogenated alkanes) is 1. The molecule has 5 unspecified atom stereocenters. The van der Waals surface area contributed by atoms with E-state index in [-0.39, 0.29) is 94.9 Å². The summed E-state index contributed by atoms with van der Waals surface area (Å²) < 4.78 is 0. The number of hydrogen-bond acceptors (Lipinski definition) is 22. The summed E-state index contributed by atoms with van der Waals surface area (Å²) in [6, 6.07) is 7.09. The van der Waals surface area contributed by atoms with Crippen molar-refractivity contribution >= 4 is 111 Å². The molecule has 22 N–H and O–H groups in total. The standard InChI is InChI=1S/C93H138N16O19.CH5N/c1-16-17-34-64(82(120)99-58(9)80(95)118)50-96-55(6)76(114)77(115)56(7)100-88(126)91(13)43-30-23-21-19-18-20-22-24-31-44-92(14,108-85(123)73(47-62-32-26-25-27-33-62)105-87(125)75(60(11)110)106-84(122)71(46-54(4)5)103-61(12)111)89(127)102-59(10)81(119)104-72(48-63-37-39-67(112)40-38-63)86(124)109-93(15,49-66-52-97-69-36-29-28-35-68(66)69)90(128)101-57(8)78(116)79(117)70(41-42-74(94)113)98-51-65(45-53(2)3)83(121)107-91;1-2/h19,21,25-29,32-33,35-40,52-60,64-65,70-73,75,96-98,110,112H,16-18,20,22-24,30-31,34,41-51H2,1-15H3,(H2,94,113)(H2,95,118)(H,99,120)(H,100,126)(H,101,128)(H,102,127)(H,103,111)(H,104,119)(H,105,125)(H,106,122)(H,107,121)(H,108,123)(H,109,124);2H2,1H3/b21-19+;/t55?,56?,57?,58?,59?,60-,64-,65-,70+,71+,72+,73+,75+,91+,92-,93+;/m1./s1. The smallest absolute Gasteiger partial charge is 0.246 e. The van der Waals surface area contributed by atoms with Crippen molar-refractivity contribution in [3.63, 3.8) is 0 Å². The Hall–Kier alpha value is -11.6. The number of carbonyl (C=O) groups is 17. The van der Waals surface area contributed by atoms with Crippen molar-refractivity contribution in [3.05, 3.63) is 114 Å². The summed E-state index contributed by atoms with van der Waals surface area (Å²) in [5.74, 6) is -17.1. The number of hydrogen-bond donors (Lipinski definition) is 19. The van der Waals surface area contributed by atoms with Gasteiger partial charge in [0, 0.05) is 62.8 Å². The summed E-state index contributed by atoms with van der Waals surface area (Å²) in [6.07, 6.45) is 7.29. The number of para-hydroxylation sites is 1. The van der Waals surface area contributed by atoms with E-state index in [1.807, 2.05) is 46.8 Å². The summed E-state index contributed by atoms with van der Waals surface area (Å²) in [6.45, 7) is 22.3. The third-order valence-corrected chi connectivity index (χ3v) is 22.9. The van der Waals surface area contributed by atoms with Crippen LogP contribution in [0.4, 0.5) is 0 Å².